The first-order valence-corrected chi connectivity index (χ1v) is 11.2. The van der Waals surface area contributed by atoms with Crippen LogP contribution in [0.5, 0.6) is 0 Å². The minimum Gasteiger partial charge on any atom is -0.370 e. The van der Waals surface area contributed by atoms with Gasteiger partial charge in [0.05, 0.1) is 22.6 Å². The molecule has 166 valence electrons. The Morgan fingerprint density at radius 3 is 2.58 bits per heavy atom. The number of rotatable bonds is 5. The lowest BCUT2D eigenvalue weighted by Gasteiger charge is -2.29. The molecule has 2 aliphatic heterocycles. The first kappa shape index (κ1) is 20.8. The average molecular weight is 439 g/mol. The number of anilines is 4. The SMILES string of the molecule is CC1=NCN(c2ccc(Nc3nccc(-c4ccc(N5CCCCC5)c(C#N)c4)n3)cc2)N1. The molecular weight excluding hydrogens is 412 g/mol. The number of benzene rings is 2. The highest BCUT2D eigenvalue weighted by Crippen LogP contribution is 2.29. The molecular formula is C25H26N8. The number of hydrogen-bond acceptors (Lipinski definition) is 8. The number of aliphatic imine (C=N–C) groups is 1. The van der Waals surface area contributed by atoms with E-state index in [0.29, 0.717) is 18.2 Å². The van der Waals surface area contributed by atoms with Gasteiger partial charge < -0.3 is 10.2 Å². The summed E-state index contributed by atoms with van der Waals surface area (Å²) in [5.74, 6) is 1.42. The highest BCUT2D eigenvalue weighted by molar-refractivity contribution is 5.83. The van der Waals surface area contributed by atoms with Crippen LogP contribution in [-0.4, -0.2) is 35.6 Å². The largest absolute Gasteiger partial charge is 0.370 e. The van der Waals surface area contributed by atoms with Crippen molar-refractivity contribution in [3.05, 3.63) is 60.3 Å². The fourth-order valence-electron chi connectivity index (χ4n) is 4.22. The van der Waals surface area contributed by atoms with Crippen molar-refractivity contribution in [2.24, 2.45) is 4.99 Å². The summed E-state index contributed by atoms with van der Waals surface area (Å²) in [6, 6.07) is 18.3. The Kier molecular flexibility index (Phi) is 5.77. The standard InChI is InChI=1S/C25H26N8/c1-18-28-17-33(31-18)22-8-6-21(7-9-22)29-25-27-12-11-23(30-25)19-5-10-24(20(15-19)16-26)32-13-3-2-4-14-32/h5-12,15H,2-4,13-14,17H2,1H3,(H,28,31)(H,27,29,30). The smallest absolute Gasteiger partial charge is 0.227 e. The van der Waals surface area contributed by atoms with Crippen molar-refractivity contribution in [1.29, 1.82) is 5.26 Å². The lowest BCUT2D eigenvalue weighted by molar-refractivity contribution is 0.577. The molecule has 2 N–H and O–H groups in total. The van der Waals surface area contributed by atoms with Gasteiger partial charge in [0.15, 0.2) is 0 Å². The Bertz CT molecular complexity index is 1210. The Balaban J connectivity index is 1.32. The number of nitriles is 1. The molecule has 0 unspecified atom stereocenters. The number of nitrogens with one attached hydrogen (secondary N) is 2. The molecule has 8 nitrogen and oxygen atoms in total. The second kappa shape index (κ2) is 9.17. The van der Waals surface area contributed by atoms with Gasteiger partial charge in [-0.1, -0.05) is 6.07 Å². The number of hydrazine groups is 1. The molecule has 0 spiro atoms. The molecule has 0 radical (unpaired) electrons. The third-order valence-corrected chi connectivity index (χ3v) is 5.95. The normalized spacial score (nSPS) is 15.6. The first-order chi connectivity index (χ1) is 16.2. The van der Waals surface area contributed by atoms with Crippen LogP contribution in [0, 0.1) is 11.3 Å². The van der Waals surface area contributed by atoms with Gasteiger partial charge in [-0.05, 0) is 68.7 Å². The van der Waals surface area contributed by atoms with Crippen molar-refractivity contribution in [2.75, 3.05) is 35.0 Å². The lowest BCUT2D eigenvalue weighted by Crippen LogP contribution is -2.34. The van der Waals surface area contributed by atoms with Crippen LogP contribution < -0.4 is 20.7 Å². The summed E-state index contributed by atoms with van der Waals surface area (Å²) in [6.07, 6.45) is 5.35. The van der Waals surface area contributed by atoms with Gasteiger partial charge in [0, 0.05) is 30.5 Å². The molecule has 2 aliphatic rings. The van der Waals surface area contributed by atoms with Crippen molar-refractivity contribution in [3.63, 3.8) is 0 Å². The fourth-order valence-corrected chi connectivity index (χ4v) is 4.22. The minimum absolute atomic E-state index is 0.511. The van der Waals surface area contributed by atoms with E-state index in [4.69, 9.17) is 0 Å². The maximum absolute atomic E-state index is 9.75. The van der Waals surface area contributed by atoms with Gasteiger partial charge >= 0.3 is 0 Å². The molecule has 3 heterocycles. The predicted octanol–water partition coefficient (Wildman–Crippen LogP) is 4.45. The van der Waals surface area contributed by atoms with E-state index in [0.717, 1.165) is 47.2 Å². The summed E-state index contributed by atoms with van der Waals surface area (Å²) in [4.78, 5) is 15.7. The summed E-state index contributed by atoms with van der Waals surface area (Å²) in [6.45, 7) is 4.57. The van der Waals surface area contributed by atoms with Crippen LogP contribution in [0.4, 0.5) is 23.0 Å². The zero-order valence-corrected chi connectivity index (χ0v) is 18.6. The summed E-state index contributed by atoms with van der Waals surface area (Å²) < 4.78 is 0. The van der Waals surface area contributed by atoms with Gasteiger partial charge in [-0.25, -0.2) is 15.0 Å². The van der Waals surface area contributed by atoms with Crippen LogP contribution >= 0.6 is 0 Å². The van der Waals surface area contributed by atoms with Crippen molar-refractivity contribution >= 4 is 28.8 Å². The van der Waals surface area contributed by atoms with Crippen molar-refractivity contribution in [2.45, 2.75) is 26.2 Å². The van der Waals surface area contributed by atoms with Gasteiger partial charge in [-0.2, -0.15) is 5.26 Å². The second-order valence-electron chi connectivity index (χ2n) is 8.25. The summed E-state index contributed by atoms with van der Waals surface area (Å²) in [5, 5.41) is 15.0. The molecule has 0 bridgehead atoms. The average Bonchev–Trinajstić information content (AvgIpc) is 3.31. The Morgan fingerprint density at radius 2 is 1.85 bits per heavy atom. The van der Waals surface area contributed by atoms with E-state index < -0.39 is 0 Å². The highest BCUT2D eigenvalue weighted by atomic mass is 15.6. The van der Waals surface area contributed by atoms with Crippen LogP contribution in [0.25, 0.3) is 11.3 Å². The topological polar surface area (TPSA) is 92.5 Å². The highest BCUT2D eigenvalue weighted by Gasteiger charge is 2.16. The van der Waals surface area contributed by atoms with Crippen LogP contribution in [0.2, 0.25) is 0 Å². The van der Waals surface area contributed by atoms with Crippen LogP contribution in [-0.2, 0) is 0 Å². The van der Waals surface area contributed by atoms with E-state index in [1.165, 1.54) is 19.3 Å². The number of nitrogens with zero attached hydrogens (tertiary/aromatic N) is 6. The van der Waals surface area contributed by atoms with E-state index in [1.54, 1.807) is 6.20 Å². The van der Waals surface area contributed by atoms with E-state index >= 15 is 0 Å². The molecule has 8 heteroatoms. The zero-order valence-electron chi connectivity index (χ0n) is 18.6. The van der Waals surface area contributed by atoms with E-state index in [2.05, 4.69) is 36.7 Å². The first-order valence-electron chi connectivity index (χ1n) is 11.2. The molecule has 1 saturated heterocycles. The van der Waals surface area contributed by atoms with E-state index in [1.807, 2.05) is 60.5 Å². The van der Waals surface area contributed by atoms with Gasteiger partial charge in [0.1, 0.15) is 18.6 Å². The van der Waals surface area contributed by atoms with Crippen molar-refractivity contribution in [1.82, 2.24) is 15.4 Å². The van der Waals surface area contributed by atoms with E-state index in [9.17, 15) is 5.26 Å². The maximum atomic E-state index is 9.75. The Labute approximate surface area is 193 Å². The molecule has 0 amide bonds. The predicted molar refractivity (Wildman–Crippen MR) is 132 cm³/mol. The minimum atomic E-state index is 0.511. The molecule has 1 aromatic heterocycles. The van der Waals surface area contributed by atoms with Gasteiger partial charge in [0.2, 0.25) is 5.95 Å². The summed E-state index contributed by atoms with van der Waals surface area (Å²) in [5.41, 5.74) is 8.53. The third-order valence-electron chi connectivity index (χ3n) is 5.95. The van der Waals surface area contributed by atoms with Crippen LogP contribution in [0.3, 0.4) is 0 Å². The van der Waals surface area contributed by atoms with Gasteiger partial charge in [0.25, 0.3) is 0 Å². The monoisotopic (exact) mass is 438 g/mol. The van der Waals surface area contributed by atoms with Gasteiger partial charge in [-0.15, -0.1) is 0 Å². The third kappa shape index (κ3) is 4.58. The molecule has 0 atom stereocenters. The number of amidine groups is 1. The second-order valence-corrected chi connectivity index (χ2v) is 8.25. The molecule has 2 aromatic carbocycles. The number of hydrogen-bond donors (Lipinski definition) is 2. The van der Waals surface area contributed by atoms with Gasteiger partial charge in [-0.3, -0.25) is 10.4 Å². The van der Waals surface area contributed by atoms with Crippen molar-refractivity contribution < 1.29 is 0 Å². The molecule has 3 aromatic rings. The number of piperidine rings is 1. The summed E-state index contributed by atoms with van der Waals surface area (Å²) >= 11 is 0. The lowest BCUT2D eigenvalue weighted by atomic mass is 10.0. The fraction of sp³-hybridized carbons (Fsp3) is 0.280. The number of aromatic nitrogens is 2. The van der Waals surface area contributed by atoms with E-state index in [-0.39, 0.29) is 0 Å². The van der Waals surface area contributed by atoms with Crippen LogP contribution in [0.15, 0.2) is 59.7 Å². The molecule has 0 saturated carbocycles. The quantitative estimate of drug-likeness (QED) is 0.608. The molecule has 0 aliphatic carbocycles. The summed E-state index contributed by atoms with van der Waals surface area (Å²) in [7, 11) is 0. The zero-order chi connectivity index (χ0) is 22.6. The Hall–Kier alpha value is -4.12. The maximum Gasteiger partial charge on any atom is 0.227 e. The molecule has 1 fully saturated rings. The molecule has 33 heavy (non-hydrogen) atoms. The Morgan fingerprint density at radius 1 is 1.03 bits per heavy atom. The van der Waals surface area contributed by atoms with Crippen LogP contribution in [0.1, 0.15) is 31.7 Å². The molecule has 5 rings (SSSR count). The van der Waals surface area contributed by atoms with Crippen molar-refractivity contribution in [3.8, 4) is 17.3 Å².